The van der Waals surface area contributed by atoms with E-state index in [0.29, 0.717) is 50.0 Å². The topological polar surface area (TPSA) is 105 Å². The predicted octanol–water partition coefficient (Wildman–Crippen LogP) is 4.85. The molecule has 2 aromatic rings. The molecule has 7 heteroatoms. The smallest absolute Gasteiger partial charge is 0.292 e. The molecule has 0 saturated heterocycles. The quantitative estimate of drug-likeness (QED) is 0.460. The van der Waals surface area contributed by atoms with Crippen LogP contribution in [0.25, 0.3) is 16.7 Å². The number of nitrogens with one attached hydrogen (secondary N) is 1. The van der Waals surface area contributed by atoms with Crippen LogP contribution in [-0.4, -0.2) is 46.7 Å². The van der Waals surface area contributed by atoms with Crippen molar-refractivity contribution in [2.45, 2.75) is 82.1 Å². The van der Waals surface area contributed by atoms with Crippen LogP contribution in [0.2, 0.25) is 0 Å². The fraction of sp³-hybridized carbons (Fsp3) is 0.679. The molecule has 0 spiro atoms. The molecule has 35 heavy (non-hydrogen) atoms. The molecule has 6 rings (SSSR count). The molecule has 6 nitrogen and oxygen atoms in total. The Bertz CT molecular complexity index is 1120. The summed E-state index contributed by atoms with van der Waals surface area (Å²) in [5, 5.41) is 25.1. The monoisotopic (exact) mass is 485 g/mol. The molecule has 6 unspecified atom stereocenters. The van der Waals surface area contributed by atoms with Gasteiger partial charge in [-0.1, -0.05) is 19.1 Å². The summed E-state index contributed by atoms with van der Waals surface area (Å²) in [6, 6.07) is 6.07. The molecule has 1 aromatic carbocycles. The molecule has 0 aliphatic heterocycles. The third-order valence-electron chi connectivity index (χ3n) is 9.64. The first-order valence-corrected chi connectivity index (χ1v) is 13.2. The van der Waals surface area contributed by atoms with Crippen LogP contribution in [0.5, 0.6) is 0 Å². The summed E-state index contributed by atoms with van der Waals surface area (Å²) in [5.74, 6) is 0.448. The highest BCUT2D eigenvalue weighted by molar-refractivity contribution is 5.82. The largest absolute Gasteiger partial charge is 0.424 e. The van der Waals surface area contributed by atoms with Crippen molar-refractivity contribution in [2.24, 2.45) is 23.2 Å². The molecule has 0 amide bonds. The number of allylic oxidation sites excluding steroid dienone is 2. The standard InChI is InChI=1S/C26H33FN2O3.C2H7N/c1-24-10-11-25(27)14-17-12-18(30)4-2-15(17)8-9-26(25,31)22(24)7-5-19(24)16-3-6-21-20(13-16)29-23(28)32-21;1-3-2/h3,5-6,13,15,17-18,22,30-31H,2,4,7-12,14H2,1H3,(H2,28,29);3H,1-2H3/t15?,17?,18?,22?,24?,25?,26-;/m0./s1. The van der Waals surface area contributed by atoms with Crippen molar-refractivity contribution < 1.29 is 19.0 Å². The molecule has 1 heterocycles. The first-order chi connectivity index (χ1) is 16.6. The molecule has 192 valence electrons. The molecule has 0 radical (unpaired) electrons. The van der Waals surface area contributed by atoms with E-state index < -0.39 is 11.3 Å². The lowest BCUT2D eigenvalue weighted by Crippen LogP contribution is -2.62. The molecule has 3 fully saturated rings. The van der Waals surface area contributed by atoms with Crippen molar-refractivity contribution in [1.29, 1.82) is 0 Å². The van der Waals surface area contributed by atoms with Crippen LogP contribution in [0.3, 0.4) is 0 Å². The third kappa shape index (κ3) is 3.91. The Labute approximate surface area is 207 Å². The van der Waals surface area contributed by atoms with Crippen LogP contribution in [0.4, 0.5) is 10.4 Å². The summed E-state index contributed by atoms with van der Waals surface area (Å²) in [7, 11) is 3.75. The lowest BCUT2D eigenvalue weighted by Gasteiger charge is -2.56. The van der Waals surface area contributed by atoms with Gasteiger partial charge in [0.1, 0.15) is 16.8 Å². The van der Waals surface area contributed by atoms with Crippen LogP contribution < -0.4 is 11.1 Å². The van der Waals surface area contributed by atoms with Gasteiger partial charge in [0.25, 0.3) is 6.01 Å². The van der Waals surface area contributed by atoms with E-state index in [1.165, 1.54) is 5.57 Å². The molecule has 0 bridgehead atoms. The molecule has 4 aliphatic rings. The molecule has 7 atom stereocenters. The van der Waals surface area contributed by atoms with Crippen molar-refractivity contribution in [2.75, 3.05) is 19.8 Å². The number of oxazole rings is 1. The minimum Gasteiger partial charge on any atom is -0.424 e. The minimum absolute atomic E-state index is 0.146. The van der Waals surface area contributed by atoms with Gasteiger partial charge in [0, 0.05) is 5.92 Å². The number of benzene rings is 1. The maximum absolute atomic E-state index is 16.7. The average Bonchev–Trinajstić information content (AvgIpc) is 3.32. The van der Waals surface area contributed by atoms with Gasteiger partial charge in [-0.05, 0) is 112 Å². The van der Waals surface area contributed by atoms with E-state index in [9.17, 15) is 10.2 Å². The van der Waals surface area contributed by atoms with Crippen molar-refractivity contribution in [3.63, 3.8) is 0 Å². The zero-order chi connectivity index (χ0) is 25.0. The SMILES string of the molecule is CC12CCC3(F)CC4CC(O)CCC4CC[C@]3(O)C1CC=C2c1ccc2oc(N)nc2c1.CNC. The number of halogens is 1. The first kappa shape index (κ1) is 24.7. The number of nitrogen functional groups attached to an aromatic ring is 1. The number of aliphatic hydroxyl groups is 2. The summed E-state index contributed by atoms with van der Waals surface area (Å²) < 4.78 is 22.1. The van der Waals surface area contributed by atoms with E-state index in [-0.39, 0.29) is 29.4 Å². The summed E-state index contributed by atoms with van der Waals surface area (Å²) in [5.41, 5.74) is 6.13. The highest BCUT2D eigenvalue weighted by Gasteiger charge is 2.66. The number of nitrogens with zero attached hydrogens (tertiary/aromatic N) is 1. The van der Waals surface area contributed by atoms with E-state index in [1.807, 2.05) is 32.3 Å². The summed E-state index contributed by atoms with van der Waals surface area (Å²) >= 11 is 0. The molecular formula is C28H40FN3O3. The first-order valence-electron chi connectivity index (χ1n) is 13.2. The second-order valence-electron chi connectivity index (χ2n) is 11.7. The fourth-order valence-corrected chi connectivity index (χ4v) is 7.92. The second-order valence-corrected chi connectivity index (χ2v) is 11.7. The number of anilines is 1. The van der Waals surface area contributed by atoms with Gasteiger partial charge in [-0.15, -0.1) is 0 Å². The van der Waals surface area contributed by atoms with Gasteiger partial charge in [0.15, 0.2) is 5.58 Å². The van der Waals surface area contributed by atoms with Gasteiger partial charge >= 0.3 is 0 Å². The Kier molecular flexibility index (Phi) is 6.26. The normalized spacial score (nSPS) is 40.6. The number of hydrogen-bond acceptors (Lipinski definition) is 6. The highest BCUT2D eigenvalue weighted by atomic mass is 19.1. The fourth-order valence-electron chi connectivity index (χ4n) is 7.92. The van der Waals surface area contributed by atoms with E-state index in [4.69, 9.17) is 10.2 Å². The minimum atomic E-state index is -1.58. The van der Waals surface area contributed by atoms with Crippen LogP contribution in [-0.2, 0) is 0 Å². The van der Waals surface area contributed by atoms with Crippen molar-refractivity contribution in [1.82, 2.24) is 10.3 Å². The molecular weight excluding hydrogens is 445 g/mol. The molecule has 3 saturated carbocycles. The number of alkyl halides is 1. The van der Waals surface area contributed by atoms with E-state index >= 15 is 4.39 Å². The number of rotatable bonds is 1. The summed E-state index contributed by atoms with van der Waals surface area (Å²) in [6.45, 7) is 2.21. The van der Waals surface area contributed by atoms with Gasteiger partial charge in [0.05, 0.1) is 6.10 Å². The second kappa shape index (κ2) is 8.86. The zero-order valence-electron chi connectivity index (χ0n) is 21.2. The van der Waals surface area contributed by atoms with Crippen LogP contribution >= 0.6 is 0 Å². The lowest BCUT2D eigenvalue weighted by atomic mass is 9.53. The molecule has 1 aromatic heterocycles. The highest BCUT2D eigenvalue weighted by Crippen LogP contribution is 2.66. The predicted molar refractivity (Wildman–Crippen MR) is 136 cm³/mol. The van der Waals surface area contributed by atoms with E-state index in [1.54, 1.807) is 0 Å². The van der Waals surface area contributed by atoms with E-state index in [2.05, 4.69) is 23.3 Å². The Morgan fingerprint density at radius 2 is 1.91 bits per heavy atom. The van der Waals surface area contributed by atoms with Gasteiger partial charge in [-0.3, -0.25) is 0 Å². The number of aliphatic hydroxyl groups excluding tert-OH is 1. The van der Waals surface area contributed by atoms with Crippen molar-refractivity contribution >= 4 is 22.7 Å². The molecule has 4 aliphatic carbocycles. The molecule has 5 N–H and O–H groups in total. The number of hydrogen-bond donors (Lipinski definition) is 4. The van der Waals surface area contributed by atoms with Crippen LogP contribution in [0, 0.1) is 23.2 Å². The Morgan fingerprint density at radius 1 is 1.14 bits per heavy atom. The van der Waals surface area contributed by atoms with Crippen LogP contribution in [0.1, 0.15) is 70.3 Å². The Hall–Kier alpha value is -1.96. The Morgan fingerprint density at radius 3 is 2.69 bits per heavy atom. The van der Waals surface area contributed by atoms with Crippen molar-refractivity contribution in [3.8, 4) is 0 Å². The summed E-state index contributed by atoms with van der Waals surface area (Å²) in [6.07, 6.45) is 7.84. The average molecular weight is 486 g/mol. The maximum atomic E-state index is 16.7. The Balaban J connectivity index is 0.000000806. The number of aromatic nitrogens is 1. The zero-order valence-corrected chi connectivity index (χ0v) is 21.2. The third-order valence-corrected chi connectivity index (χ3v) is 9.64. The van der Waals surface area contributed by atoms with Crippen molar-refractivity contribution in [3.05, 3.63) is 29.8 Å². The number of nitrogens with two attached hydrogens (primary N) is 1. The van der Waals surface area contributed by atoms with Crippen LogP contribution in [0.15, 0.2) is 28.7 Å². The van der Waals surface area contributed by atoms with Gasteiger partial charge in [-0.2, -0.15) is 4.98 Å². The van der Waals surface area contributed by atoms with Gasteiger partial charge in [0.2, 0.25) is 0 Å². The van der Waals surface area contributed by atoms with Gasteiger partial charge < -0.3 is 25.7 Å². The summed E-state index contributed by atoms with van der Waals surface area (Å²) in [4.78, 5) is 4.28. The number of fused-ring (bicyclic) bond motifs is 5. The van der Waals surface area contributed by atoms with Gasteiger partial charge in [-0.25, -0.2) is 4.39 Å². The maximum Gasteiger partial charge on any atom is 0.292 e. The lowest BCUT2D eigenvalue weighted by molar-refractivity contribution is -0.195. The van der Waals surface area contributed by atoms with E-state index in [0.717, 1.165) is 30.3 Å².